The number of carbonyl (C=O) groups excluding carboxylic acids is 1. The third kappa shape index (κ3) is 3.91. The summed E-state index contributed by atoms with van der Waals surface area (Å²) in [5, 5.41) is 1.01. The Kier molecular flexibility index (Phi) is 7.06. The van der Waals surface area contributed by atoms with Crippen LogP contribution in [0.15, 0.2) is 54.9 Å². The highest BCUT2D eigenvalue weighted by Gasteiger charge is 2.51. The molecule has 0 unspecified atom stereocenters. The van der Waals surface area contributed by atoms with Crippen molar-refractivity contribution in [3.63, 3.8) is 0 Å². The van der Waals surface area contributed by atoms with E-state index < -0.39 is 11.6 Å². The molecular formula is C27H29Cl2N3O2. The Labute approximate surface area is 211 Å². The number of anilines is 2. The molecular weight excluding hydrogens is 469 g/mol. The van der Waals surface area contributed by atoms with Gasteiger partial charge in [0.1, 0.15) is 0 Å². The van der Waals surface area contributed by atoms with Crippen molar-refractivity contribution in [2.75, 3.05) is 36.0 Å². The Morgan fingerprint density at radius 1 is 0.794 bits per heavy atom. The number of pyridine rings is 1. The van der Waals surface area contributed by atoms with Crippen molar-refractivity contribution in [3.8, 4) is 0 Å². The number of hydrogen-bond donors (Lipinski definition) is 0. The van der Waals surface area contributed by atoms with Crippen LogP contribution in [-0.2, 0) is 10.3 Å². The third-order valence-electron chi connectivity index (χ3n) is 6.59. The second-order valence-corrected chi connectivity index (χ2v) is 8.98. The van der Waals surface area contributed by atoms with Crippen LogP contribution < -0.4 is 9.80 Å². The average molecular weight is 498 g/mol. The molecule has 0 radical (unpaired) electrons. The lowest BCUT2D eigenvalue weighted by atomic mass is 9.80. The summed E-state index contributed by atoms with van der Waals surface area (Å²) in [5.41, 5.74) is 3.18. The second kappa shape index (κ2) is 9.85. The molecule has 1 aromatic heterocycles. The monoisotopic (exact) mass is 497 g/mol. The van der Waals surface area contributed by atoms with E-state index in [1.165, 1.54) is 6.20 Å². The van der Waals surface area contributed by atoms with Crippen molar-refractivity contribution < 1.29 is 9.53 Å². The Balaban J connectivity index is 1.96. The van der Waals surface area contributed by atoms with Crippen molar-refractivity contribution in [1.82, 2.24) is 4.98 Å². The van der Waals surface area contributed by atoms with Crippen molar-refractivity contribution in [1.29, 1.82) is 0 Å². The summed E-state index contributed by atoms with van der Waals surface area (Å²) in [6.45, 7) is 11.9. The summed E-state index contributed by atoms with van der Waals surface area (Å²) in [7, 11) is 0. The molecule has 5 nitrogen and oxygen atoms in total. The number of esters is 1. The number of ether oxygens (including phenoxy) is 1. The van der Waals surface area contributed by atoms with Crippen LogP contribution in [0.25, 0.3) is 0 Å². The second-order valence-electron chi connectivity index (χ2n) is 8.16. The largest absolute Gasteiger partial charge is 0.440 e. The molecule has 1 aliphatic heterocycles. The number of fused-ring (bicyclic) bond motifs is 1. The minimum atomic E-state index is -1.27. The summed E-state index contributed by atoms with van der Waals surface area (Å²) in [6, 6.07) is 13.6. The molecule has 0 saturated heterocycles. The molecule has 34 heavy (non-hydrogen) atoms. The summed E-state index contributed by atoms with van der Waals surface area (Å²) in [4.78, 5) is 21.6. The molecule has 0 N–H and O–H groups in total. The standard InChI is InChI=1S/C27H29Cl2N3O2/c1-5-31(6-2)18-9-11-22(24(28)15-18)27(21-13-14-30-17-20(21)26(33)34-27)23-12-10-19(16-25(23)29)32(7-3)8-4/h9-17H,5-8H2,1-4H3. The first-order valence-corrected chi connectivity index (χ1v) is 12.4. The molecule has 1 aliphatic rings. The van der Waals surface area contributed by atoms with Gasteiger partial charge in [0, 0.05) is 66.6 Å². The van der Waals surface area contributed by atoms with Crippen LogP contribution in [0.1, 0.15) is 54.7 Å². The summed E-state index contributed by atoms with van der Waals surface area (Å²) in [5.74, 6) is -0.448. The van der Waals surface area contributed by atoms with Gasteiger partial charge < -0.3 is 14.5 Å². The van der Waals surface area contributed by atoms with Gasteiger partial charge in [-0.3, -0.25) is 4.98 Å². The molecule has 178 valence electrons. The van der Waals surface area contributed by atoms with Crippen LogP contribution in [0.3, 0.4) is 0 Å². The van der Waals surface area contributed by atoms with Gasteiger partial charge in [-0.25, -0.2) is 4.79 Å². The van der Waals surface area contributed by atoms with Gasteiger partial charge in [0.2, 0.25) is 0 Å². The van der Waals surface area contributed by atoms with Crippen LogP contribution in [-0.4, -0.2) is 37.1 Å². The lowest BCUT2D eigenvalue weighted by Crippen LogP contribution is -2.31. The Bertz CT molecular complexity index is 1140. The normalized spacial score (nSPS) is 14.0. The van der Waals surface area contributed by atoms with E-state index in [1.54, 1.807) is 6.20 Å². The zero-order valence-electron chi connectivity index (χ0n) is 19.9. The molecule has 2 aromatic carbocycles. The van der Waals surface area contributed by atoms with Crippen LogP contribution in [0.5, 0.6) is 0 Å². The number of rotatable bonds is 8. The van der Waals surface area contributed by atoms with Gasteiger partial charge in [0.05, 0.1) is 15.6 Å². The predicted molar refractivity (Wildman–Crippen MR) is 140 cm³/mol. The fraction of sp³-hybridized carbons (Fsp3) is 0.333. The number of benzene rings is 2. The zero-order chi connectivity index (χ0) is 24.5. The molecule has 4 rings (SSSR count). The van der Waals surface area contributed by atoms with Gasteiger partial charge in [-0.15, -0.1) is 0 Å². The molecule has 3 aromatic rings. The molecule has 0 bridgehead atoms. The van der Waals surface area contributed by atoms with Crippen molar-refractivity contribution in [2.45, 2.75) is 33.3 Å². The van der Waals surface area contributed by atoms with E-state index >= 15 is 0 Å². The number of aromatic nitrogens is 1. The predicted octanol–water partition coefficient (Wildman–Crippen LogP) is 6.54. The van der Waals surface area contributed by atoms with E-state index in [0.29, 0.717) is 32.3 Å². The van der Waals surface area contributed by atoms with Gasteiger partial charge in [-0.2, -0.15) is 0 Å². The van der Waals surface area contributed by atoms with Gasteiger partial charge in [0.25, 0.3) is 0 Å². The van der Waals surface area contributed by atoms with Gasteiger partial charge >= 0.3 is 5.97 Å². The first kappa shape index (κ1) is 24.4. The Morgan fingerprint density at radius 3 is 1.74 bits per heavy atom. The summed E-state index contributed by atoms with van der Waals surface area (Å²) >= 11 is 13.8. The fourth-order valence-electron chi connectivity index (χ4n) is 4.81. The van der Waals surface area contributed by atoms with E-state index in [2.05, 4.69) is 42.5 Å². The van der Waals surface area contributed by atoms with Crippen molar-refractivity contribution in [3.05, 3.63) is 87.2 Å². The number of cyclic esters (lactones) is 1. The van der Waals surface area contributed by atoms with Crippen LogP contribution >= 0.6 is 23.2 Å². The molecule has 0 spiro atoms. The van der Waals surface area contributed by atoms with Gasteiger partial charge in [0.15, 0.2) is 5.60 Å². The van der Waals surface area contributed by atoms with Crippen LogP contribution in [0, 0.1) is 0 Å². The average Bonchev–Trinajstić information content (AvgIpc) is 3.14. The molecule has 0 fully saturated rings. The van der Waals surface area contributed by atoms with E-state index in [9.17, 15) is 4.79 Å². The fourth-order valence-corrected chi connectivity index (χ4v) is 5.42. The topological polar surface area (TPSA) is 45.7 Å². The smallest absolute Gasteiger partial charge is 0.341 e. The van der Waals surface area contributed by atoms with E-state index in [0.717, 1.165) is 37.6 Å². The number of nitrogens with zero attached hydrogens (tertiary/aromatic N) is 3. The zero-order valence-corrected chi connectivity index (χ0v) is 21.5. The minimum absolute atomic E-state index is 0.412. The maximum Gasteiger partial charge on any atom is 0.341 e. The first-order valence-electron chi connectivity index (χ1n) is 11.7. The summed E-state index contributed by atoms with van der Waals surface area (Å²) in [6.07, 6.45) is 3.20. The number of carbonyl (C=O) groups is 1. The van der Waals surface area contributed by atoms with Crippen molar-refractivity contribution >= 4 is 40.5 Å². The van der Waals surface area contributed by atoms with Crippen LogP contribution in [0.2, 0.25) is 10.0 Å². The Morgan fingerprint density at radius 2 is 1.29 bits per heavy atom. The SMILES string of the molecule is CCN(CC)c1ccc(C2(c3ccc(N(CC)CC)cc3Cl)OC(=O)c3cnccc32)c(Cl)c1. The molecule has 0 amide bonds. The highest BCUT2D eigenvalue weighted by molar-refractivity contribution is 6.33. The van der Waals surface area contributed by atoms with E-state index in [1.807, 2.05) is 42.5 Å². The molecule has 0 atom stereocenters. The number of halogens is 2. The summed E-state index contributed by atoms with van der Waals surface area (Å²) < 4.78 is 6.18. The quantitative estimate of drug-likeness (QED) is 0.330. The molecule has 0 saturated carbocycles. The lowest BCUT2D eigenvalue weighted by Gasteiger charge is -2.33. The van der Waals surface area contributed by atoms with Crippen molar-refractivity contribution in [2.24, 2.45) is 0 Å². The van der Waals surface area contributed by atoms with Gasteiger partial charge in [-0.05, 0) is 58.0 Å². The molecule has 0 aliphatic carbocycles. The number of hydrogen-bond acceptors (Lipinski definition) is 5. The first-order chi connectivity index (χ1) is 16.4. The third-order valence-corrected chi connectivity index (χ3v) is 7.21. The van der Waals surface area contributed by atoms with Gasteiger partial charge in [-0.1, -0.05) is 35.3 Å². The van der Waals surface area contributed by atoms with Crippen LogP contribution in [0.4, 0.5) is 11.4 Å². The van der Waals surface area contributed by atoms with E-state index in [4.69, 9.17) is 27.9 Å². The minimum Gasteiger partial charge on any atom is -0.440 e. The molecule has 2 heterocycles. The lowest BCUT2D eigenvalue weighted by molar-refractivity contribution is 0.0252. The highest BCUT2D eigenvalue weighted by atomic mass is 35.5. The highest BCUT2D eigenvalue weighted by Crippen LogP contribution is 2.51. The maximum absolute atomic E-state index is 13.0. The van der Waals surface area contributed by atoms with E-state index in [-0.39, 0.29) is 0 Å². The maximum atomic E-state index is 13.0. The molecule has 7 heteroatoms. The Hall–Kier alpha value is -2.76.